The van der Waals surface area contributed by atoms with Crippen molar-refractivity contribution in [3.63, 3.8) is 0 Å². The summed E-state index contributed by atoms with van der Waals surface area (Å²) in [7, 11) is 0. The molecule has 0 aromatic heterocycles. The molecule has 1 aromatic rings. The lowest BCUT2D eigenvalue weighted by atomic mass is 10.1. The fourth-order valence-corrected chi connectivity index (χ4v) is 3.12. The van der Waals surface area contributed by atoms with E-state index < -0.39 is 11.7 Å². The van der Waals surface area contributed by atoms with Crippen molar-refractivity contribution in [2.75, 3.05) is 18.4 Å². The van der Waals surface area contributed by atoms with Crippen LogP contribution in [0.2, 0.25) is 0 Å². The molecule has 0 aliphatic carbocycles. The predicted molar refractivity (Wildman–Crippen MR) is 76.9 cm³/mol. The summed E-state index contributed by atoms with van der Waals surface area (Å²) in [4.78, 5) is 13.9. The molecule has 1 aliphatic heterocycles. The van der Waals surface area contributed by atoms with Gasteiger partial charge in [-0.05, 0) is 46.5 Å². The lowest BCUT2D eigenvalue weighted by Crippen LogP contribution is -2.29. The van der Waals surface area contributed by atoms with Crippen molar-refractivity contribution >= 4 is 37.8 Å². The van der Waals surface area contributed by atoms with Crippen LogP contribution in [-0.2, 0) is 6.18 Å². The molecule has 7 heteroatoms. The average molecular weight is 415 g/mol. The molecule has 1 aliphatic rings. The Morgan fingerprint density at radius 3 is 2.65 bits per heavy atom. The summed E-state index contributed by atoms with van der Waals surface area (Å²) in [6.45, 7) is 1.16. The molecular formula is C13H12Br2F3NO. The zero-order valence-corrected chi connectivity index (χ0v) is 13.6. The topological polar surface area (TPSA) is 20.3 Å². The molecule has 2 rings (SSSR count). The Morgan fingerprint density at radius 2 is 2.10 bits per heavy atom. The van der Waals surface area contributed by atoms with Gasteiger partial charge >= 0.3 is 6.18 Å². The van der Waals surface area contributed by atoms with Crippen molar-refractivity contribution in [2.45, 2.75) is 12.6 Å². The molecule has 0 saturated carbocycles. The van der Waals surface area contributed by atoms with Gasteiger partial charge in [-0.1, -0.05) is 15.9 Å². The minimum Gasteiger partial charge on any atom is -0.338 e. The van der Waals surface area contributed by atoms with E-state index in [-0.39, 0.29) is 11.5 Å². The van der Waals surface area contributed by atoms with Crippen molar-refractivity contribution in [1.82, 2.24) is 4.90 Å². The maximum atomic E-state index is 12.7. The summed E-state index contributed by atoms with van der Waals surface area (Å²) in [5.41, 5.74) is -0.740. The molecule has 1 unspecified atom stereocenters. The molecular weight excluding hydrogens is 403 g/mol. The molecule has 0 radical (unpaired) electrons. The van der Waals surface area contributed by atoms with E-state index in [1.807, 2.05) is 0 Å². The third kappa shape index (κ3) is 3.36. The van der Waals surface area contributed by atoms with Crippen LogP contribution in [0.1, 0.15) is 22.3 Å². The second kappa shape index (κ2) is 6.05. The SMILES string of the molecule is O=C(c1cc(C(F)(F)F)ccc1Br)N1CCC(CBr)C1. The van der Waals surface area contributed by atoms with Crippen LogP contribution in [0.4, 0.5) is 13.2 Å². The van der Waals surface area contributed by atoms with Crippen LogP contribution in [0.5, 0.6) is 0 Å². The lowest BCUT2D eigenvalue weighted by Gasteiger charge is -2.18. The Labute approximate surface area is 131 Å². The van der Waals surface area contributed by atoms with E-state index in [9.17, 15) is 18.0 Å². The molecule has 0 N–H and O–H groups in total. The second-order valence-corrected chi connectivity index (χ2v) is 6.25. The summed E-state index contributed by atoms with van der Waals surface area (Å²) in [6.07, 6.45) is -3.58. The molecule has 0 spiro atoms. The third-order valence-corrected chi connectivity index (χ3v) is 4.92. The molecule has 1 heterocycles. The molecule has 1 saturated heterocycles. The van der Waals surface area contributed by atoms with Gasteiger partial charge in [0.1, 0.15) is 0 Å². The maximum Gasteiger partial charge on any atom is 0.416 e. The number of carbonyl (C=O) groups excluding carboxylic acids is 1. The van der Waals surface area contributed by atoms with Gasteiger partial charge in [0.25, 0.3) is 5.91 Å². The standard InChI is InChI=1S/C13H12Br2F3NO/c14-6-8-3-4-19(7-8)12(20)10-5-9(13(16,17)18)1-2-11(10)15/h1-2,5,8H,3-4,6-7H2. The first kappa shape index (κ1) is 15.8. The predicted octanol–water partition coefficient (Wildman–Crippen LogP) is 4.32. The van der Waals surface area contributed by atoms with E-state index in [0.29, 0.717) is 23.5 Å². The van der Waals surface area contributed by atoms with E-state index in [0.717, 1.165) is 23.9 Å². The number of amides is 1. The van der Waals surface area contributed by atoms with Crippen molar-refractivity contribution in [3.8, 4) is 0 Å². The van der Waals surface area contributed by atoms with Crippen molar-refractivity contribution in [2.24, 2.45) is 5.92 Å². The Bertz CT molecular complexity index is 519. The Morgan fingerprint density at radius 1 is 1.40 bits per heavy atom. The first-order chi connectivity index (χ1) is 9.32. The molecule has 110 valence electrons. The summed E-state index contributed by atoms with van der Waals surface area (Å²) in [6, 6.07) is 3.15. The van der Waals surface area contributed by atoms with Crippen molar-refractivity contribution in [1.29, 1.82) is 0 Å². The van der Waals surface area contributed by atoms with Gasteiger partial charge in [0.15, 0.2) is 0 Å². The highest BCUT2D eigenvalue weighted by Gasteiger charge is 2.33. The van der Waals surface area contributed by atoms with Crippen LogP contribution in [0.3, 0.4) is 0 Å². The van der Waals surface area contributed by atoms with Gasteiger partial charge in [0.05, 0.1) is 11.1 Å². The minimum atomic E-state index is -4.45. The number of alkyl halides is 4. The van der Waals surface area contributed by atoms with E-state index >= 15 is 0 Å². The van der Waals surface area contributed by atoms with Gasteiger partial charge < -0.3 is 4.90 Å². The second-order valence-electron chi connectivity index (χ2n) is 4.75. The summed E-state index contributed by atoms with van der Waals surface area (Å²) < 4.78 is 38.5. The van der Waals surface area contributed by atoms with Crippen LogP contribution >= 0.6 is 31.9 Å². The highest BCUT2D eigenvalue weighted by molar-refractivity contribution is 9.10. The molecule has 0 bridgehead atoms. The number of likely N-dealkylation sites (tertiary alicyclic amines) is 1. The zero-order valence-electron chi connectivity index (χ0n) is 10.4. The van der Waals surface area contributed by atoms with E-state index in [4.69, 9.17) is 0 Å². The van der Waals surface area contributed by atoms with E-state index in [2.05, 4.69) is 31.9 Å². The minimum absolute atomic E-state index is 0.0649. The fraction of sp³-hybridized carbons (Fsp3) is 0.462. The number of nitrogens with zero attached hydrogens (tertiary/aromatic N) is 1. The quantitative estimate of drug-likeness (QED) is 0.659. The normalized spacial score (nSPS) is 19.4. The fourth-order valence-electron chi connectivity index (χ4n) is 2.18. The molecule has 1 aromatic carbocycles. The number of hydrogen-bond donors (Lipinski definition) is 0. The monoisotopic (exact) mass is 413 g/mol. The maximum absolute atomic E-state index is 12.7. The molecule has 1 amide bonds. The number of benzene rings is 1. The van der Waals surface area contributed by atoms with Gasteiger partial charge in [0, 0.05) is 22.9 Å². The van der Waals surface area contributed by atoms with Crippen LogP contribution < -0.4 is 0 Å². The first-order valence-electron chi connectivity index (χ1n) is 6.05. The van der Waals surface area contributed by atoms with Gasteiger partial charge in [-0.25, -0.2) is 0 Å². The number of halogens is 5. The highest BCUT2D eigenvalue weighted by atomic mass is 79.9. The summed E-state index contributed by atoms with van der Waals surface area (Å²) in [5.74, 6) is 0.00921. The summed E-state index contributed by atoms with van der Waals surface area (Å²) in [5, 5.41) is 0.792. The molecule has 1 fully saturated rings. The van der Waals surface area contributed by atoms with Gasteiger partial charge in [0.2, 0.25) is 0 Å². The van der Waals surface area contributed by atoms with E-state index in [1.54, 1.807) is 4.90 Å². The Balaban J connectivity index is 2.26. The van der Waals surface area contributed by atoms with Crippen molar-refractivity contribution < 1.29 is 18.0 Å². The number of rotatable bonds is 2. The van der Waals surface area contributed by atoms with Crippen LogP contribution in [0.25, 0.3) is 0 Å². The number of hydrogen-bond acceptors (Lipinski definition) is 1. The molecule has 1 atom stereocenters. The average Bonchev–Trinajstić information content (AvgIpc) is 2.86. The van der Waals surface area contributed by atoms with Crippen LogP contribution in [0, 0.1) is 5.92 Å². The highest BCUT2D eigenvalue weighted by Crippen LogP contribution is 2.33. The van der Waals surface area contributed by atoms with Gasteiger partial charge in [-0.15, -0.1) is 0 Å². The van der Waals surface area contributed by atoms with Crippen LogP contribution in [0.15, 0.2) is 22.7 Å². The smallest absolute Gasteiger partial charge is 0.338 e. The van der Waals surface area contributed by atoms with Crippen molar-refractivity contribution in [3.05, 3.63) is 33.8 Å². The lowest BCUT2D eigenvalue weighted by molar-refractivity contribution is -0.137. The molecule has 20 heavy (non-hydrogen) atoms. The number of carbonyl (C=O) groups is 1. The Hall–Kier alpha value is -0.560. The molecule has 2 nitrogen and oxygen atoms in total. The van der Waals surface area contributed by atoms with Gasteiger partial charge in [-0.3, -0.25) is 4.79 Å². The summed E-state index contributed by atoms with van der Waals surface area (Å²) >= 11 is 6.52. The third-order valence-electron chi connectivity index (χ3n) is 3.32. The zero-order chi connectivity index (χ0) is 14.9. The van der Waals surface area contributed by atoms with Gasteiger partial charge in [-0.2, -0.15) is 13.2 Å². The largest absolute Gasteiger partial charge is 0.416 e. The Kier molecular flexibility index (Phi) is 4.79. The van der Waals surface area contributed by atoms with Crippen LogP contribution in [-0.4, -0.2) is 29.2 Å². The van der Waals surface area contributed by atoms with E-state index in [1.165, 1.54) is 6.07 Å². The first-order valence-corrected chi connectivity index (χ1v) is 7.96.